The zero-order chi connectivity index (χ0) is 17.9. The fourth-order valence-corrected chi connectivity index (χ4v) is 2.22. The van der Waals surface area contributed by atoms with E-state index in [-0.39, 0.29) is 5.95 Å². The largest absolute Gasteiger partial charge is 0.433 e. The van der Waals surface area contributed by atoms with E-state index in [0.29, 0.717) is 11.3 Å². The third-order valence-corrected chi connectivity index (χ3v) is 3.41. The van der Waals surface area contributed by atoms with E-state index < -0.39 is 11.9 Å². The molecule has 124 valence electrons. The van der Waals surface area contributed by atoms with E-state index in [1.807, 2.05) is 12.1 Å². The van der Waals surface area contributed by atoms with Gasteiger partial charge in [0.05, 0.1) is 11.6 Å². The Balaban J connectivity index is 1.86. The second-order valence-corrected chi connectivity index (χ2v) is 5.16. The predicted octanol–water partition coefficient (Wildman–Crippen LogP) is 4.78. The Morgan fingerprint density at radius 3 is 2.40 bits per heavy atom. The number of nitriles is 1. The highest BCUT2D eigenvalue weighted by Gasteiger charge is 2.32. The molecule has 0 fully saturated rings. The van der Waals surface area contributed by atoms with Gasteiger partial charge in [0.2, 0.25) is 5.95 Å². The van der Waals surface area contributed by atoms with Gasteiger partial charge >= 0.3 is 6.18 Å². The number of hydrogen-bond acceptors (Lipinski definition) is 4. The lowest BCUT2D eigenvalue weighted by molar-refractivity contribution is -0.141. The van der Waals surface area contributed by atoms with Crippen LogP contribution in [0.1, 0.15) is 11.3 Å². The molecule has 1 aromatic heterocycles. The van der Waals surface area contributed by atoms with E-state index >= 15 is 0 Å². The molecule has 25 heavy (non-hydrogen) atoms. The molecule has 3 rings (SSSR count). The molecule has 3 aromatic rings. The number of halogens is 3. The number of hydrogen-bond donors (Lipinski definition) is 1. The van der Waals surface area contributed by atoms with Gasteiger partial charge in [0.1, 0.15) is 5.69 Å². The molecule has 7 heteroatoms. The number of nitrogens with zero attached hydrogens (tertiary/aromatic N) is 3. The van der Waals surface area contributed by atoms with Gasteiger partial charge in [-0.25, -0.2) is 9.97 Å². The molecule has 0 saturated heterocycles. The molecule has 1 N–H and O–H groups in total. The lowest BCUT2D eigenvalue weighted by atomic mass is 10.0. The lowest BCUT2D eigenvalue weighted by Crippen LogP contribution is -2.10. The molecule has 0 saturated carbocycles. The van der Waals surface area contributed by atoms with Crippen molar-refractivity contribution in [3.05, 3.63) is 72.1 Å². The summed E-state index contributed by atoms with van der Waals surface area (Å²) in [5.41, 5.74) is 1.83. The molecule has 0 spiro atoms. The first-order valence-electron chi connectivity index (χ1n) is 7.23. The van der Waals surface area contributed by atoms with Crippen LogP contribution in [0.5, 0.6) is 0 Å². The van der Waals surface area contributed by atoms with Crippen LogP contribution in [0.2, 0.25) is 0 Å². The Labute approximate surface area is 141 Å². The fourth-order valence-electron chi connectivity index (χ4n) is 2.22. The summed E-state index contributed by atoms with van der Waals surface area (Å²) in [5, 5.41) is 11.6. The molecular formula is C18H11F3N4. The van der Waals surface area contributed by atoms with Gasteiger partial charge < -0.3 is 5.32 Å². The van der Waals surface area contributed by atoms with Gasteiger partial charge in [0, 0.05) is 11.9 Å². The van der Waals surface area contributed by atoms with Crippen molar-refractivity contribution >= 4 is 11.6 Å². The average Bonchev–Trinajstić information content (AvgIpc) is 2.61. The predicted molar refractivity (Wildman–Crippen MR) is 86.9 cm³/mol. The van der Waals surface area contributed by atoms with Crippen LogP contribution in [-0.2, 0) is 6.18 Å². The van der Waals surface area contributed by atoms with E-state index in [1.54, 1.807) is 42.5 Å². The first-order valence-corrected chi connectivity index (χ1v) is 7.23. The second kappa shape index (κ2) is 6.61. The van der Waals surface area contributed by atoms with Crippen molar-refractivity contribution in [2.24, 2.45) is 0 Å². The minimum atomic E-state index is -4.52. The van der Waals surface area contributed by atoms with Crippen molar-refractivity contribution in [1.29, 1.82) is 5.26 Å². The van der Waals surface area contributed by atoms with Crippen molar-refractivity contribution < 1.29 is 13.2 Å². The van der Waals surface area contributed by atoms with Crippen LogP contribution < -0.4 is 5.32 Å². The Morgan fingerprint density at radius 2 is 1.72 bits per heavy atom. The molecule has 2 aromatic carbocycles. The molecule has 0 bridgehead atoms. The van der Waals surface area contributed by atoms with Crippen LogP contribution in [0.3, 0.4) is 0 Å². The summed E-state index contributed by atoms with van der Waals surface area (Å²) >= 11 is 0. The molecule has 0 amide bonds. The molecule has 0 radical (unpaired) electrons. The summed E-state index contributed by atoms with van der Waals surface area (Å²) in [6.45, 7) is 0. The first kappa shape index (κ1) is 16.5. The first-order chi connectivity index (χ1) is 12.0. The van der Waals surface area contributed by atoms with Gasteiger partial charge in [-0.3, -0.25) is 0 Å². The van der Waals surface area contributed by atoms with E-state index in [0.717, 1.165) is 23.4 Å². The van der Waals surface area contributed by atoms with E-state index in [1.165, 1.54) is 0 Å². The van der Waals surface area contributed by atoms with Crippen molar-refractivity contribution in [3.8, 4) is 17.2 Å². The maximum atomic E-state index is 12.7. The molecular weight excluding hydrogens is 329 g/mol. The summed E-state index contributed by atoms with van der Waals surface area (Å²) in [5.74, 6) is -0.133. The number of aromatic nitrogens is 2. The average molecular weight is 340 g/mol. The molecule has 0 aliphatic rings. The number of nitrogens with one attached hydrogen (secondary N) is 1. The van der Waals surface area contributed by atoms with Crippen LogP contribution in [0.4, 0.5) is 24.8 Å². The van der Waals surface area contributed by atoms with Gasteiger partial charge in [0.15, 0.2) is 0 Å². The van der Waals surface area contributed by atoms with Gasteiger partial charge in [-0.15, -0.1) is 0 Å². The number of rotatable bonds is 3. The van der Waals surface area contributed by atoms with Crippen LogP contribution in [-0.4, -0.2) is 9.97 Å². The van der Waals surface area contributed by atoms with Gasteiger partial charge in [-0.2, -0.15) is 18.4 Å². The molecule has 0 aliphatic heterocycles. The summed E-state index contributed by atoms with van der Waals surface area (Å²) in [7, 11) is 0. The molecule has 0 unspecified atom stereocenters. The Morgan fingerprint density at radius 1 is 0.960 bits per heavy atom. The highest BCUT2D eigenvalue weighted by molar-refractivity contribution is 5.70. The maximum absolute atomic E-state index is 12.7. The zero-order valence-electron chi connectivity index (χ0n) is 12.7. The van der Waals surface area contributed by atoms with Crippen molar-refractivity contribution in [2.75, 3.05) is 5.32 Å². The van der Waals surface area contributed by atoms with Gasteiger partial charge in [0.25, 0.3) is 0 Å². The lowest BCUT2D eigenvalue weighted by Gasteiger charge is -2.10. The minimum Gasteiger partial charge on any atom is -0.324 e. The zero-order valence-corrected chi connectivity index (χ0v) is 12.7. The monoisotopic (exact) mass is 340 g/mol. The second-order valence-electron chi connectivity index (χ2n) is 5.16. The highest BCUT2D eigenvalue weighted by Crippen LogP contribution is 2.28. The Hall–Kier alpha value is -3.40. The Bertz CT molecular complexity index is 928. The normalized spacial score (nSPS) is 11.0. The minimum absolute atomic E-state index is 0.133. The number of anilines is 2. The van der Waals surface area contributed by atoms with Crippen molar-refractivity contribution in [2.45, 2.75) is 6.18 Å². The molecule has 4 nitrogen and oxygen atoms in total. The fraction of sp³-hybridized carbons (Fsp3) is 0.0556. The Kier molecular flexibility index (Phi) is 4.35. The summed E-state index contributed by atoms with van der Waals surface area (Å²) in [6, 6.07) is 17.0. The molecule has 1 heterocycles. The van der Waals surface area contributed by atoms with E-state index in [9.17, 15) is 13.2 Å². The van der Waals surface area contributed by atoms with Gasteiger partial charge in [-0.1, -0.05) is 24.3 Å². The smallest absolute Gasteiger partial charge is 0.324 e. The van der Waals surface area contributed by atoms with E-state index in [4.69, 9.17) is 5.26 Å². The summed E-state index contributed by atoms with van der Waals surface area (Å²) in [6.07, 6.45) is -3.47. The third kappa shape index (κ3) is 3.93. The highest BCUT2D eigenvalue weighted by atomic mass is 19.4. The van der Waals surface area contributed by atoms with Crippen LogP contribution in [0, 0.1) is 11.3 Å². The van der Waals surface area contributed by atoms with Crippen molar-refractivity contribution in [3.63, 3.8) is 0 Å². The molecule has 0 aliphatic carbocycles. The van der Waals surface area contributed by atoms with E-state index in [2.05, 4.69) is 15.3 Å². The van der Waals surface area contributed by atoms with Crippen LogP contribution in [0.25, 0.3) is 11.1 Å². The number of benzene rings is 2. The van der Waals surface area contributed by atoms with Gasteiger partial charge in [-0.05, 0) is 41.5 Å². The van der Waals surface area contributed by atoms with Crippen LogP contribution >= 0.6 is 0 Å². The summed E-state index contributed by atoms with van der Waals surface area (Å²) < 4.78 is 38.1. The quantitative estimate of drug-likeness (QED) is 0.745. The molecule has 0 atom stereocenters. The van der Waals surface area contributed by atoms with Crippen molar-refractivity contribution in [1.82, 2.24) is 9.97 Å². The SMILES string of the molecule is N#Cc1ccc(-c2cccc(Nc3nccc(C(F)(F)F)n3)c2)cc1. The topological polar surface area (TPSA) is 61.6 Å². The number of alkyl halides is 3. The third-order valence-electron chi connectivity index (χ3n) is 3.41. The standard InChI is InChI=1S/C18H11F3N4/c19-18(20,21)16-8-9-23-17(25-16)24-15-3-1-2-14(10-15)13-6-4-12(11-22)5-7-13/h1-10H,(H,23,24,25). The summed E-state index contributed by atoms with van der Waals surface area (Å²) in [4.78, 5) is 7.30. The van der Waals surface area contributed by atoms with Crippen LogP contribution in [0.15, 0.2) is 60.8 Å². The maximum Gasteiger partial charge on any atom is 0.433 e.